The number of anilines is 1. The van der Waals surface area contributed by atoms with Crippen molar-refractivity contribution in [2.45, 2.75) is 6.92 Å². The van der Waals surface area contributed by atoms with E-state index < -0.39 is 0 Å². The summed E-state index contributed by atoms with van der Waals surface area (Å²) in [6.07, 6.45) is 3.27. The van der Waals surface area contributed by atoms with Crippen molar-refractivity contribution in [1.29, 1.82) is 0 Å². The predicted molar refractivity (Wildman–Crippen MR) is 66.1 cm³/mol. The summed E-state index contributed by atoms with van der Waals surface area (Å²) in [5, 5.41) is 2.98. The Morgan fingerprint density at radius 3 is 2.71 bits per heavy atom. The lowest BCUT2D eigenvalue weighted by Crippen LogP contribution is -2.00. The van der Waals surface area contributed by atoms with Crippen LogP contribution in [0.4, 0.5) is 5.82 Å². The van der Waals surface area contributed by atoms with Crippen molar-refractivity contribution in [3.63, 3.8) is 0 Å². The van der Waals surface area contributed by atoms with Crippen LogP contribution < -0.4 is 10.1 Å². The molecule has 2 aromatic rings. The van der Waals surface area contributed by atoms with Gasteiger partial charge in [-0.05, 0) is 19.1 Å². The Bertz CT molecular complexity index is 528. The zero-order chi connectivity index (χ0) is 12.3. The Hall–Kier alpha value is -2.17. The van der Waals surface area contributed by atoms with Gasteiger partial charge in [0.15, 0.2) is 11.6 Å². The first-order chi connectivity index (χ1) is 8.26. The van der Waals surface area contributed by atoms with Crippen LogP contribution in [-0.4, -0.2) is 29.1 Å². The Morgan fingerprint density at radius 1 is 1.24 bits per heavy atom. The lowest BCUT2D eigenvalue weighted by atomic mass is 10.1. The van der Waals surface area contributed by atoms with E-state index in [-0.39, 0.29) is 0 Å². The molecular formula is C12H14N4O. The van der Waals surface area contributed by atoms with Gasteiger partial charge in [0, 0.05) is 24.5 Å². The van der Waals surface area contributed by atoms with Crippen molar-refractivity contribution in [2.24, 2.45) is 0 Å². The number of aryl methyl sites for hydroxylation is 1. The minimum atomic E-state index is 0.639. The average molecular weight is 230 g/mol. The molecule has 0 bridgehead atoms. The molecule has 2 heterocycles. The molecule has 0 spiro atoms. The molecule has 0 saturated heterocycles. The Balaban J connectivity index is 2.59. The molecule has 0 unspecified atom stereocenters. The second kappa shape index (κ2) is 4.78. The molecule has 0 aromatic carbocycles. The van der Waals surface area contributed by atoms with Gasteiger partial charge in [-0.3, -0.25) is 4.98 Å². The van der Waals surface area contributed by atoms with Crippen molar-refractivity contribution < 1.29 is 4.74 Å². The fraction of sp³-hybridized carbons (Fsp3) is 0.250. The molecular weight excluding hydrogens is 216 g/mol. The number of rotatable bonds is 3. The summed E-state index contributed by atoms with van der Waals surface area (Å²) in [5.74, 6) is 1.31. The number of ether oxygens (including phenoxy) is 1. The summed E-state index contributed by atoms with van der Waals surface area (Å²) in [6.45, 7) is 1.94. The highest BCUT2D eigenvalue weighted by atomic mass is 16.5. The summed E-state index contributed by atoms with van der Waals surface area (Å²) < 4.78 is 5.35. The lowest BCUT2D eigenvalue weighted by Gasteiger charge is -2.11. The molecule has 0 amide bonds. The van der Waals surface area contributed by atoms with Crippen LogP contribution in [0.1, 0.15) is 5.69 Å². The summed E-state index contributed by atoms with van der Waals surface area (Å²) in [7, 11) is 3.41. The molecule has 0 aliphatic carbocycles. The molecule has 17 heavy (non-hydrogen) atoms. The van der Waals surface area contributed by atoms with Crippen molar-refractivity contribution in [1.82, 2.24) is 15.0 Å². The third-order valence-electron chi connectivity index (χ3n) is 2.41. The molecule has 0 atom stereocenters. The second-order valence-corrected chi connectivity index (χ2v) is 3.54. The zero-order valence-corrected chi connectivity index (χ0v) is 10.1. The van der Waals surface area contributed by atoms with Crippen molar-refractivity contribution in [3.8, 4) is 17.0 Å². The first kappa shape index (κ1) is 11.3. The molecule has 0 fully saturated rings. The van der Waals surface area contributed by atoms with Gasteiger partial charge in [-0.25, -0.2) is 9.97 Å². The highest BCUT2D eigenvalue weighted by Gasteiger charge is 2.12. The molecule has 2 rings (SSSR count). The molecule has 5 heteroatoms. The number of nitrogens with zero attached hydrogens (tertiary/aromatic N) is 3. The predicted octanol–water partition coefficient (Wildman–Crippen LogP) is 1.90. The van der Waals surface area contributed by atoms with E-state index in [1.165, 1.54) is 6.33 Å². The van der Waals surface area contributed by atoms with Crippen LogP contribution in [0.15, 0.2) is 24.7 Å². The third-order valence-corrected chi connectivity index (χ3v) is 2.41. The van der Waals surface area contributed by atoms with E-state index in [9.17, 15) is 0 Å². The number of pyridine rings is 1. The quantitative estimate of drug-likeness (QED) is 0.872. The van der Waals surface area contributed by atoms with Gasteiger partial charge in [0.05, 0.1) is 7.11 Å². The molecule has 0 saturated carbocycles. The molecule has 5 nitrogen and oxygen atoms in total. The SMILES string of the molecule is CNc1ncnc(-c2ccnc(C)c2)c1OC. The van der Waals surface area contributed by atoms with E-state index in [2.05, 4.69) is 20.3 Å². The Labute approximate surface area is 99.9 Å². The average Bonchev–Trinajstić information content (AvgIpc) is 2.37. The van der Waals surface area contributed by atoms with Crippen LogP contribution in [0.5, 0.6) is 5.75 Å². The minimum Gasteiger partial charge on any atom is -0.491 e. The van der Waals surface area contributed by atoms with Gasteiger partial charge in [-0.15, -0.1) is 0 Å². The number of hydrogen-bond donors (Lipinski definition) is 1. The van der Waals surface area contributed by atoms with Crippen LogP contribution in [0.2, 0.25) is 0 Å². The van der Waals surface area contributed by atoms with Crippen LogP contribution in [-0.2, 0) is 0 Å². The van der Waals surface area contributed by atoms with E-state index in [0.717, 1.165) is 17.0 Å². The van der Waals surface area contributed by atoms with Crippen LogP contribution in [0, 0.1) is 6.92 Å². The normalized spacial score (nSPS) is 10.1. The highest BCUT2D eigenvalue weighted by Crippen LogP contribution is 2.32. The number of methoxy groups -OCH3 is 1. The van der Waals surface area contributed by atoms with Crippen LogP contribution in [0.3, 0.4) is 0 Å². The summed E-state index contributed by atoms with van der Waals surface area (Å²) in [5.41, 5.74) is 2.67. The number of aromatic nitrogens is 3. The molecule has 2 aromatic heterocycles. The van der Waals surface area contributed by atoms with E-state index in [4.69, 9.17) is 4.74 Å². The van der Waals surface area contributed by atoms with Crippen LogP contribution >= 0.6 is 0 Å². The molecule has 0 aliphatic heterocycles. The van der Waals surface area contributed by atoms with Gasteiger partial charge in [0.1, 0.15) is 12.0 Å². The maximum absolute atomic E-state index is 5.35. The maximum Gasteiger partial charge on any atom is 0.187 e. The number of hydrogen-bond acceptors (Lipinski definition) is 5. The van der Waals surface area contributed by atoms with Crippen molar-refractivity contribution >= 4 is 5.82 Å². The summed E-state index contributed by atoms with van der Waals surface area (Å²) in [6, 6.07) is 3.86. The molecule has 0 radical (unpaired) electrons. The fourth-order valence-electron chi connectivity index (χ4n) is 1.64. The smallest absolute Gasteiger partial charge is 0.187 e. The standard InChI is InChI=1S/C12H14N4O/c1-8-6-9(4-5-14-8)10-11(17-3)12(13-2)16-7-15-10/h4-7H,1-3H3,(H,13,15,16). The van der Waals surface area contributed by atoms with Gasteiger partial charge in [0.2, 0.25) is 0 Å². The lowest BCUT2D eigenvalue weighted by molar-refractivity contribution is 0.415. The molecule has 0 aliphatic rings. The Kier molecular flexibility index (Phi) is 3.18. The van der Waals surface area contributed by atoms with Gasteiger partial charge in [-0.1, -0.05) is 0 Å². The van der Waals surface area contributed by atoms with E-state index >= 15 is 0 Å². The summed E-state index contributed by atoms with van der Waals surface area (Å²) in [4.78, 5) is 12.5. The molecule has 1 N–H and O–H groups in total. The van der Waals surface area contributed by atoms with Crippen molar-refractivity contribution in [2.75, 3.05) is 19.5 Å². The van der Waals surface area contributed by atoms with E-state index in [1.54, 1.807) is 20.4 Å². The maximum atomic E-state index is 5.35. The summed E-state index contributed by atoms with van der Waals surface area (Å²) >= 11 is 0. The third kappa shape index (κ3) is 2.18. The number of nitrogens with one attached hydrogen (secondary N) is 1. The first-order valence-corrected chi connectivity index (χ1v) is 5.26. The first-order valence-electron chi connectivity index (χ1n) is 5.26. The van der Waals surface area contributed by atoms with Crippen molar-refractivity contribution in [3.05, 3.63) is 30.4 Å². The largest absolute Gasteiger partial charge is 0.491 e. The second-order valence-electron chi connectivity index (χ2n) is 3.54. The monoisotopic (exact) mass is 230 g/mol. The fourth-order valence-corrected chi connectivity index (χ4v) is 1.64. The van der Waals surface area contributed by atoms with Gasteiger partial charge in [0.25, 0.3) is 0 Å². The Morgan fingerprint density at radius 2 is 2.06 bits per heavy atom. The van der Waals surface area contributed by atoms with Gasteiger partial charge in [-0.2, -0.15) is 0 Å². The van der Waals surface area contributed by atoms with E-state index in [1.807, 2.05) is 19.1 Å². The molecule has 88 valence electrons. The minimum absolute atomic E-state index is 0.639. The van der Waals surface area contributed by atoms with Gasteiger partial charge >= 0.3 is 0 Å². The van der Waals surface area contributed by atoms with Crippen LogP contribution in [0.25, 0.3) is 11.3 Å². The topological polar surface area (TPSA) is 59.9 Å². The highest BCUT2D eigenvalue weighted by molar-refractivity contribution is 5.72. The van der Waals surface area contributed by atoms with Gasteiger partial charge < -0.3 is 10.1 Å². The van der Waals surface area contributed by atoms with E-state index in [0.29, 0.717) is 11.6 Å². The zero-order valence-electron chi connectivity index (χ0n) is 10.1.